The van der Waals surface area contributed by atoms with Crippen LogP contribution in [0.5, 0.6) is 0 Å². The van der Waals surface area contributed by atoms with Crippen LogP contribution in [-0.4, -0.2) is 55.3 Å². The molecule has 1 fully saturated rings. The van der Waals surface area contributed by atoms with Crippen molar-refractivity contribution in [2.45, 2.75) is 52.6 Å². The highest BCUT2D eigenvalue weighted by atomic mass is 16.6. The molecule has 0 spiro atoms. The van der Waals surface area contributed by atoms with Gasteiger partial charge in [0.05, 0.1) is 13.0 Å². The average Bonchev–Trinajstić information content (AvgIpc) is 2.43. The Morgan fingerprint density at radius 3 is 2.41 bits per heavy atom. The van der Waals surface area contributed by atoms with Crippen LogP contribution in [0.3, 0.4) is 0 Å². The lowest BCUT2D eigenvalue weighted by atomic mass is 9.97. The monoisotopic (exact) mass is 314 g/mol. The summed E-state index contributed by atoms with van der Waals surface area (Å²) in [6, 6.07) is 0. The summed E-state index contributed by atoms with van der Waals surface area (Å²) in [7, 11) is 0. The van der Waals surface area contributed by atoms with E-state index in [0.717, 1.165) is 32.5 Å². The van der Waals surface area contributed by atoms with Crippen molar-refractivity contribution in [1.82, 2.24) is 10.2 Å². The Balaban J connectivity index is 2.15. The number of hydrogen-bond donors (Lipinski definition) is 1. The van der Waals surface area contributed by atoms with Crippen LogP contribution in [0.2, 0.25) is 0 Å². The van der Waals surface area contributed by atoms with Crippen LogP contribution in [0.25, 0.3) is 0 Å². The Bertz CT molecular complexity index is 358. The van der Waals surface area contributed by atoms with Crippen LogP contribution in [0.4, 0.5) is 4.79 Å². The van der Waals surface area contributed by atoms with Gasteiger partial charge in [-0.3, -0.25) is 4.79 Å². The summed E-state index contributed by atoms with van der Waals surface area (Å²) in [6.07, 6.45) is 2.11. The zero-order valence-electron chi connectivity index (χ0n) is 14.3. The van der Waals surface area contributed by atoms with E-state index in [9.17, 15) is 9.59 Å². The summed E-state index contributed by atoms with van der Waals surface area (Å²) in [6.45, 7) is 10.9. The van der Waals surface area contributed by atoms with Crippen molar-refractivity contribution in [3.8, 4) is 0 Å². The third-order valence-electron chi connectivity index (χ3n) is 3.51. The molecule has 0 aromatic rings. The van der Waals surface area contributed by atoms with Gasteiger partial charge in [-0.15, -0.1) is 0 Å². The number of carbonyl (C=O) groups is 2. The Kier molecular flexibility index (Phi) is 7.65. The van der Waals surface area contributed by atoms with E-state index >= 15 is 0 Å². The van der Waals surface area contributed by atoms with Gasteiger partial charge in [0.15, 0.2) is 0 Å². The number of nitrogens with zero attached hydrogens (tertiary/aromatic N) is 1. The maximum atomic E-state index is 12.0. The number of rotatable bonds is 6. The van der Waals surface area contributed by atoms with Crippen LogP contribution < -0.4 is 5.32 Å². The van der Waals surface area contributed by atoms with Crippen molar-refractivity contribution in [2.24, 2.45) is 5.92 Å². The van der Waals surface area contributed by atoms with Gasteiger partial charge in [0, 0.05) is 19.6 Å². The third kappa shape index (κ3) is 7.64. The first-order valence-corrected chi connectivity index (χ1v) is 8.16. The summed E-state index contributed by atoms with van der Waals surface area (Å²) < 4.78 is 10.3. The van der Waals surface area contributed by atoms with Gasteiger partial charge in [-0.2, -0.15) is 0 Å². The highest BCUT2D eigenvalue weighted by Crippen LogP contribution is 2.19. The van der Waals surface area contributed by atoms with Crippen LogP contribution in [0.15, 0.2) is 0 Å². The molecule has 6 heteroatoms. The van der Waals surface area contributed by atoms with Crippen molar-refractivity contribution < 1.29 is 19.1 Å². The molecule has 0 aliphatic carbocycles. The molecular formula is C16H30N2O4. The lowest BCUT2D eigenvalue weighted by Gasteiger charge is -2.33. The fraction of sp³-hybridized carbons (Fsp3) is 0.875. The minimum atomic E-state index is -0.442. The minimum Gasteiger partial charge on any atom is -0.466 e. The quantitative estimate of drug-likeness (QED) is 0.601. The van der Waals surface area contributed by atoms with Crippen molar-refractivity contribution in [3.05, 3.63) is 0 Å². The predicted octanol–water partition coefficient (Wildman–Crippen LogP) is 2.18. The molecule has 1 rings (SSSR count). The molecule has 1 aliphatic heterocycles. The topological polar surface area (TPSA) is 67.9 Å². The van der Waals surface area contributed by atoms with E-state index < -0.39 is 5.60 Å². The van der Waals surface area contributed by atoms with Gasteiger partial charge in [0.1, 0.15) is 5.60 Å². The Labute approximate surface area is 133 Å². The lowest BCUT2D eigenvalue weighted by Crippen LogP contribution is -2.43. The predicted molar refractivity (Wildman–Crippen MR) is 84.7 cm³/mol. The van der Waals surface area contributed by atoms with Crippen LogP contribution in [0, 0.1) is 5.92 Å². The number of piperidine rings is 1. The molecule has 0 bridgehead atoms. The zero-order valence-corrected chi connectivity index (χ0v) is 14.3. The molecule has 22 heavy (non-hydrogen) atoms. The van der Waals surface area contributed by atoms with Gasteiger partial charge in [0.2, 0.25) is 0 Å². The molecule has 0 radical (unpaired) electrons. The van der Waals surface area contributed by atoms with E-state index in [1.54, 1.807) is 4.90 Å². The molecular weight excluding hydrogens is 284 g/mol. The molecule has 1 heterocycles. The smallest absolute Gasteiger partial charge is 0.410 e. The standard InChI is InChI=1S/C16H30N2O4/c1-5-21-14(19)6-9-17-12-13-7-10-18(11-8-13)15(20)22-16(2,3)4/h13,17H,5-12H2,1-4H3. The number of esters is 1. The van der Waals surface area contributed by atoms with Gasteiger partial charge < -0.3 is 19.7 Å². The van der Waals surface area contributed by atoms with Crippen molar-refractivity contribution in [2.75, 3.05) is 32.8 Å². The summed E-state index contributed by atoms with van der Waals surface area (Å²) in [5.41, 5.74) is -0.442. The van der Waals surface area contributed by atoms with Crippen LogP contribution in [-0.2, 0) is 14.3 Å². The molecule has 0 saturated carbocycles. The molecule has 1 aliphatic rings. The minimum absolute atomic E-state index is 0.158. The van der Waals surface area contributed by atoms with E-state index in [2.05, 4.69) is 5.32 Å². The lowest BCUT2D eigenvalue weighted by molar-refractivity contribution is -0.142. The zero-order chi connectivity index (χ0) is 16.6. The summed E-state index contributed by atoms with van der Waals surface area (Å²) in [4.78, 5) is 24.9. The van der Waals surface area contributed by atoms with Crippen LogP contribution in [0.1, 0.15) is 47.0 Å². The highest BCUT2D eigenvalue weighted by molar-refractivity contribution is 5.69. The number of nitrogens with one attached hydrogen (secondary N) is 1. The fourth-order valence-electron chi connectivity index (χ4n) is 2.38. The third-order valence-corrected chi connectivity index (χ3v) is 3.51. The van der Waals surface area contributed by atoms with Crippen molar-refractivity contribution in [3.63, 3.8) is 0 Å². The van der Waals surface area contributed by atoms with Crippen molar-refractivity contribution in [1.29, 1.82) is 0 Å². The van der Waals surface area contributed by atoms with Gasteiger partial charge >= 0.3 is 12.1 Å². The molecule has 1 N–H and O–H groups in total. The molecule has 0 aromatic carbocycles. The molecule has 0 unspecified atom stereocenters. The van der Waals surface area contributed by atoms with Crippen LogP contribution >= 0.6 is 0 Å². The largest absolute Gasteiger partial charge is 0.466 e. The Morgan fingerprint density at radius 2 is 1.86 bits per heavy atom. The van der Waals surface area contributed by atoms with Gasteiger partial charge in [-0.05, 0) is 53.0 Å². The van der Waals surface area contributed by atoms with E-state index in [-0.39, 0.29) is 12.1 Å². The molecule has 0 atom stereocenters. The first kappa shape index (κ1) is 18.7. The van der Waals surface area contributed by atoms with Gasteiger partial charge in [-0.25, -0.2) is 4.79 Å². The molecule has 6 nitrogen and oxygen atoms in total. The van der Waals surface area contributed by atoms with Crippen molar-refractivity contribution >= 4 is 12.1 Å². The summed E-state index contributed by atoms with van der Waals surface area (Å²) in [5.74, 6) is 0.385. The summed E-state index contributed by atoms with van der Waals surface area (Å²) in [5, 5.41) is 3.29. The first-order valence-electron chi connectivity index (χ1n) is 8.16. The number of ether oxygens (including phenoxy) is 2. The van der Waals surface area contributed by atoms with Gasteiger partial charge in [0.25, 0.3) is 0 Å². The second-order valence-corrected chi connectivity index (χ2v) is 6.67. The molecule has 1 amide bonds. The fourth-order valence-corrected chi connectivity index (χ4v) is 2.38. The maximum Gasteiger partial charge on any atom is 0.410 e. The number of amides is 1. The van der Waals surface area contributed by atoms with E-state index in [4.69, 9.17) is 9.47 Å². The molecule has 128 valence electrons. The average molecular weight is 314 g/mol. The number of hydrogen-bond acceptors (Lipinski definition) is 5. The normalized spacial score (nSPS) is 16.5. The second-order valence-electron chi connectivity index (χ2n) is 6.67. The maximum absolute atomic E-state index is 12.0. The first-order chi connectivity index (χ1) is 10.3. The summed E-state index contributed by atoms with van der Waals surface area (Å²) >= 11 is 0. The van der Waals surface area contributed by atoms with Gasteiger partial charge in [-0.1, -0.05) is 0 Å². The number of carbonyl (C=O) groups excluding carboxylic acids is 2. The Hall–Kier alpha value is -1.30. The highest BCUT2D eigenvalue weighted by Gasteiger charge is 2.26. The molecule has 1 saturated heterocycles. The second kappa shape index (κ2) is 8.98. The number of likely N-dealkylation sites (tertiary alicyclic amines) is 1. The van der Waals surface area contributed by atoms with E-state index in [1.165, 1.54) is 0 Å². The SMILES string of the molecule is CCOC(=O)CCNCC1CCN(C(=O)OC(C)(C)C)CC1. The Morgan fingerprint density at radius 1 is 1.23 bits per heavy atom. The molecule has 0 aromatic heterocycles. The van der Waals surface area contributed by atoms with E-state index in [0.29, 0.717) is 25.5 Å². The van der Waals surface area contributed by atoms with E-state index in [1.807, 2.05) is 27.7 Å².